The SMILES string of the molecule is CCCCCCCCCCCCC(C)CCNC(C)(C)C. The van der Waals surface area contributed by atoms with E-state index < -0.39 is 0 Å². The molecule has 128 valence electrons. The Hall–Kier alpha value is -0.0400. The van der Waals surface area contributed by atoms with Crippen LogP contribution in [-0.4, -0.2) is 12.1 Å². The lowest BCUT2D eigenvalue weighted by atomic mass is 9.98. The van der Waals surface area contributed by atoms with Gasteiger partial charge in [-0.2, -0.15) is 0 Å². The molecule has 1 atom stereocenters. The van der Waals surface area contributed by atoms with E-state index in [1.165, 1.54) is 83.6 Å². The second-order valence-electron chi connectivity index (χ2n) is 8.04. The normalized spacial score (nSPS) is 13.6. The van der Waals surface area contributed by atoms with E-state index in [4.69, 9.17) is 0 Å². The Balaban J connectivity index is 3.20. The molecule has 0 fully saturated rings. The van der Waals surface area contributed by atoms with Crippen molar-refractivity contribution in [3.05, 3.63) is 0 Å². The van der Waals surface area contributed by atoms with Crippen LogP contribution in [0.25, 0.3) is 0 Å². The molecule has 0 spiro atoms. The Morgan fingerprint density at radius 3 is 1.67 bits per heavy atom. The molecule has 21 heavy (non-hydrogen) atoms. The Labute approximate surface area is 135 Å². The molecular formula is C20H43N. The Bertz CT molecular complexity index is 204. The van der Waals surface area contributed by atoms with Gasteiger partial charge >= 0.3 is 0 Å². The average molecular weight is 298 g/mol. The molecule has 1 heteroatoms. The fourth-order valence-corrected chi connectivity index (χ4v) is 2.82. The summed E-state index contributed by atoms with van der Waals surface area (Å²) in [4.78, 5) is 0. The van der Waals surface area contributed by atoms with Crippen LogP contribution in [0.2, 0.25) is 0 Å². The van der Waals surface area contributed by atoms with Gasteiger partial charge in [-0.25, -0.2) is 0 Å². The summed E-state index contributed by atoms with van der Waals surface area (Å²) in [7, 11) is 0. The summed E-state index contributed by atoms with van der Waals surface area (Å²) in [6.45, 7) is 12.6. The third kappa shape index (κ3) is 17.9. The second-order valence-corrected chi connectivity index (χ2v) is 8.04. The van der Waals surface area contributed by atoms with Crippen molar-refractivity contribution in [2.45, 2.75) is 117 Å². The van der Waals surface area contributed by atoms with E-state index in [0.717, 1.165) is 5.92 Å². The zero-order valence-corrected chi connectivity index (χ0v) is 15.8. The first-order chi connectivity index (χ1) is 9.95. The minimum absolute atomic E-state index is 0.275. The van der Waals surface area contributed by atoms with Crippen molar-refractivity contribution >= 4 is 0 Å². The number of rotatable bonds is 14. The molecule has 0 aliphatic carbocycles. The standard InChI is InChI=1S/C20H43N/c1-6-7-8-9-10-11-12-13-14-15-16-19(2)17-18-21-20(3,4)5/h19,21H,6-18H2,1-5H3. The number of unbranched alkanes of at least 4 members (excludes halogenated alkanes) is 9. The minimum Gasteiger partial charge on any atom is -0.312 e. The van der Waals surface area contributed by atoms with Gasteiger partial charge in [0.05, 0.1) is 0 Å². The number of nitrogens with one attached hydrogen (secondary N) is 1. The van der Waals surface area contributed by atoms with Crippen LogP contribution >= 0.6 is 0 Å². The highest BCUT2D eigenvalue weighted by Crippen LogP contribution is 2.15. The molecule has 0 aliphatic rings. The van der Waals surface area contributed by atoms with Crippen LogP contribution in [0.5, 0.6) is 0 Å². The van der Waals surface area contributed by atoms with Gasteiger partial charge in [-0.15, -0.1) is 0 Å². The number of hydrogen-bond donors (Lipinski definition) is 1. The molecule has 0 aromatic carbocycles. The molecule has 0 saturated carbocycles. The monoisotopic (exact) mass is 297 g/mol. The summed E-state index contributed by atoms with van der Waals surface area (Å²) in [5.41, 5.74) is 0.275. The van der Waals surface area contributed by atoms with Crippen LogP contribution in [0, 0.1) is 5.92 Å². The van der Waals surface area contributed by atoms with E-state index in [9.17, 15) is 0 Å². The maximum absolute atomic E-state index is 3.59. The van der Waals surface area contributed by atoms with Crippen molar-refractivity contribution in [1.29, 1.82) is 0 Å². The van der Waals surface area contributed by atoms with Crippen molar-refractivity contribution in [2.75, 3.05) is 6.54 Å². The summed E-state index contributed by atoms with van der Waals surface area (Å²) in [5, 5.41) is 3.59. The van der Waals surface area contributed by atoms with E-state index in [1.807, 2.05) is 0 Å². The molecule has 0 rings (SSSR count). The van der Waals surface area contributed by atoms with Crippen molar-refractivity contribution in [2.24, 2.45) is 5.92 Å². The highest BCUT2D eigenvalue weighted by Gasteiger charge is 2.09. The molecule has 0 aliphatic heterocycles. The average Bonchev–Trinajstić information content (AvgIpc) is 2.39. The maximum atomic E-state index is 3.59. The summed E-state index contributed by atoms with van der Waals surface area (Å²) in [6, 6.07) is 0. The molecule has 0 amide bonds. The fourth-order valence-electron chi connectivity index (χ4n) is 2.82. The van der Waals surface area contributed by atoms with E-state index in [0.29, 0.717) is 0 Å². The number of hydrogen-bond acceptors (Lipinski definition) is 1. The van der Waals surface area contributed by atoms with Crippen LogP contribution in [0.3, 0.4) is 0 Å². The molecule has 0 bridgehead atoms. The fraction of sp³-hybridized carbons (Fsp3) is 1.00. The zero-order chi connectivity index (χ0) is 16.0. The lowest BCUT2D eigenvalue weighted by Crippen LogP contribution is -2.36. The molecule has 0 aromatic heterocycles. The van der Waals surface area contributed by atoms with E-state index in [1.54, 1.807) is 0 Å². The molecule has 1 nitrogen and oxygen atoms in total. The van der Waals surface area contributed by atoms with Crippen molar-refractivity contribution in [3.8, 4) is 0 Å². The Morgan fingerprint density at radius 1 is 0.714 bits per heavy atom. The first-order valence-electron chi connectivity index (χ1n) is 9.70. The lowest BCUT2D eigenvalue weighted by Gasteiger charge is -2.22. The molecular weight excluding hydrogens is 254 g/mol. The Morgan fingerprint density at radius 2 is 1.19 bits per heavy atom. The quantitative estimate of drug-likeness (QED) is 0.351. The van der Waals surface area contributed by atoms with Gasteiger partial charge in [-0.05, 0) is 39.7 Å². The van der Waals surface area contributed by atoms with Gasteiger partial charge in [0.15, 0.2) is 0 Å². The van der Waals surface area contributed by atoms with Crippen molar-refractivity contribution < 1.29 is 0 Å². The summed E-state index contributed by atoms with van der Waals surface area (Å²) in [5.74, 6) is 0.883. The molecule has 0 heterocycles. The van der Waals surface area contributed by atoms with E-state index >= 15 is 0 Å². The van der Waals surface area contributed by atoms with Gasteiger partial charge < -0.3 is 5.32 Å². The maximum Gasteiger partial charge on any atom is 0.00965 e. The Kier molecular flexibility index (Phi) is 13.6. The first-order valence-corrected chi connectivity index (χ1v) is 9.70. The summed E-state index contributed by atoms with van der Waals surface area (Å²) in [6.07, 6.45) is 17.2. The van der Waals surface area contributed by atoms with Crippen LogP contribution in [0.15, 0.2) is 0 Å². The molecule has 0 saturated heterocycles. The smallest absolute Gasteiger partial charge is 0.00965 e. The van der Waals surface area contributed by atoms with Crippen LogP contribution < -0.4 is 5.32 Å². The van der Waals surface area contributed by atoms with Gasteiger partial charge in [0.1, 0.15) is 0 Å². The zero-order valence-electron chi connectivity index (χ0n) is 15.8. The molecule has 0 aromatic rings. The predicted molar refractivity (Wildman–Crippen MR) is 98.0 cm³/mol. The first kappa shape index (κ1) is 21.0. The lowest BCUT2D eigenvalue weighted by molar-refractivity contribution is 0.379. The topological polar surface area (TPSA) is 12.0 Å². The van der Waals surface area contributed by atoms with Crippen LogP contribution in [-0.2, 0) is 0 Å². The van der Waals surface area contributed by atoms with Gasteiger partial charge in [0, 0.05) is 5.54 Å². The van der Waals surface area contributed by atoms with Gasteiger partial charge in [0.25, 0.3) is 0 Å². The van der Waals surface area contributed by atoms with Gasteiger partial charge in [-0.3, -0.25) is 0 Å². The predicted octanol–water partition coefficient (Wildman–Crippen LogP) is 6.71. The third-order valence-electron chi connectivity index (χ3n) is 4.34. The van der Waals surface area contributed by atoms with Crippen molar-refractivity contribution in [1.82, 2.24) is 5.32 Å². The van der Waals surface area contributed by atoms with E-state index in [2.05, 4.69) is 39.9 Å². The second kappa shape index (κ2) is 13.6. The van der Waals surface area contributed by atoms with Crippen molar-refractivity contribution in [3.63, 3.8) is 0 Å². The molecule has 1 unspecified atom stereocenters. The van der Waals surface area contributed by atoms with Crippen LogP contribution in [0.4, 0.5) is 0 Å². The largest absolute Gasteiger partial charge is 0.312 e. The van der Waals surface area contributed by atoms with Gasteiger partial charge in [-0.1, -0.05) is 84.5 Å². The summed E-state index contributed by atoms with van der Waals surface area (Å²) >= 11 is 0. The van der Waals surface area contributed by atoms with Crippen LogP contribution in [0.1, 0.15) is 112 Å². The molecule has 1 N–H and O–H groups in total. The third-order valence-corrected chi connectivity index (χ3v) is 4.34. The summed E-state index contributed by atoms with van der Waals surface area (Å²) < 4.78 is 0. The highest BCUT2D eigenvalue weighted by atomic mass is 14.9. The minimum atomic E-state index is 0.275. The highest BCUT2D eigenvalue weighted by molar-refractivity contribution is 4.70. The van der Waals surface area contributed by atoms with Gasteiger partial charge in [0.2, 0.25) is 0 Å². The molecule has 0 radical (unpaired) electrons. The van der Waals surface area contributed by atoms with E-state index in [-0.39, 0.29) is 5.54 Å².